The number of carbonyl (C=O) groups excluding carboxylic acids is 3. The second-order valence-electron chi connectivity index (χ2n) is 10.2. The molecule has 2 amide bonds. The standard InChI is InChI=1S/C22H39N4O6/c1-22(2,3)32-20(28)25-10-6-17(7-11-25)26(4)16-18(31-21(26)29)24-14-12-23(13-15-24)9-8-19(27)30-5/h17-18H,6-16H2,1-5H3/q+1. The Morgan fingerprint density at radius 2 is 1.72 bits per heavy atom. The number of esters is 1. The second-order valence-corrected chi connectivity index (χ2v) is 10.2. The molecule has 182 valence electrons. The van der Waals surface area contributed by atoms with E-state index in [4.69, 9.17) is 14.2 Å². The van der Waals surface area contributed by atoms with Crippen LogP contribution in [0, 0.1) is 0 Å². The smallest absolute Gasteiger partial charge is 0.469 e. The molecular weight excluding hydrogens is 416 g/mol. The average molecular weight is 456 g/mol. The minimum absolute atomic E-state index is 0.132. The topological polar surface area (TPSA) is 88.6 Å². The van der Waals surface area contributed by atoms with Crippen LogP contribution in [0.3, 0.4) is 0 Å². The number of cyclic esters (lactones) is 1. The first-order valence-corrected chi connectivity index (χ1v) is 11.6. The number of hydrogen-bond acceptors (Lipinski definition) is 8. The number of quaternary nitrogens is 1. The Bertz CT molecular complexity index is 695. The summed E-state index contributed by atoms with van der Waals surface area (Å²) >= 11 is 0. The summed E-state index contributed by atoms with van der Waals surface area (Å²) in [5.41, 5.74) is -0.512. The van der Waals surface area contributed by atoms with Crippen molar-refractivity contribution < 1.29 is 33.1 Å². The Kier molecular flexibility index (Phi) is 7.67. The van der Waals surface area contributed by atoms with Crippen LogP contribution in [-0.2, 0) is 19.0 Å². The molecule has 0 radical (unpaired) electrons. The molecule has 0 spiro atoms. The molecule has 0 aromatic rings. The third-order valence-electron chi connectivity index (χ3n) is 6.79. The van der Waals surface area contributed by atoms with Crippen LogP contribution in [0.4, 0.5) is 9.59 Å². The van der Waals surface area contributed by atoms with Gasteiger partial charge in [-0.25, -0.2) is 9.28 Å². The third kappa shape index (κ3) is 5.90. The Labute approximate surface area is 190 Å². The number of ether oxygens (including phenoxy) is 3. The monoisotopic (exact) mass is 455 g/mol. The molecule has 0 saturated carbocycles. The maximum absolute atomic E-state index is 12.9. The lowest BCUT2D eigenvalue weighted by atomic mass is 10.0. The molecular formula is C22H39N4O6+. The number of carbonyl (C=O) groups is 3. The number of piperazine rings is 1. The molecule has 3 fully saturated rings. The lowest BCUT2D eigenvalue weighted by Gasteiger charge is -2.40. The predicted octanol–water partition coefficient (Wildman–Crippen LogP) is 1.49. The van der Waals surface area contributed by atoms with Crippen LogP contribution < -0.4 is 0 Å². The Balaban J connectivity index is 1.48. The zero-order chi connectivity index (χ0) is 23.5. The summed E-state index contributed by atoms with van der Waals surface area (Å²) in [6, 6.07) is 0.132. The van der Waals surface area contributed by atoms with Gasteiger partial charge in [-0.2, -0.15) is 4.79 Å². The Morgan fingerprint density at radius 3 is 2.28 bits per heavy atom. The van der Waals surface area contributed by atoms with Crippen molar-refractivity contribution in [2.45, 2.75) is 57.9 Å². The van der Waals surface area contributed by atoms with Gasteiger partial charge in [0.05, 0.1) is 20.6 Å². The van der Waals surface area contributed by atoms with Gasteiger partial charge in [-0.3, -0.25) is 9.69 Å². The van der Waals surface area contributed by atoms with Gasteiger partial charge in [-0.15, -0.1) is 0 Å². The first-order valence-electron chi connectivity index (χ1n) is 11.6. The van der Waals surface area contributed by atoms with E-state index in [9.17, 15) is 14.4 Å². The van der Waals surface area contributed by atoms with E-state index in [0.717, 1.165) is 39.0 Å². The highest BCUT2D eigenvalue weighted by Gasteiger charge is 2.53. The van der Waals surface area contributed by atoms with Crippen molar-refractivity contribution >= 4 is 18.2 Å². The van der Waals surface area contributed by atoms with Gasteiger partial charge in [0, 0.05) is 58.7 Å². The molecule has 3 rings (SSSR count). The van der Waals surface area contributed by atoms with Crippen LogP contribution in [0.2, 0.25) is 0 Å². The fraction of sp³-hybridized carbons (Fsp3) is 0.864. The number of hydrogen-bond donors (Lipinski definition) is 0. The normalized spacial score (nSPS) is 28.5. The molecule has 0 aromatic carbocycles. The largest absolute Gasteiger partial charge is 0.517 e. The van der Waals surface area contributed by atoms with Crippen LogP contribution in [0.15, 0.2) is 0 Å². The first kappa shape index (κ1) is 24.7. The Morgan fingerprint density at radius 1 is 1.09 bits per heavy atom. The van der Waals surface area contributed by atoms with Crippen molar-refractivity contribution in [2.24, 2.45) is 0 Å². The van der Waals surface area contributed by atoms with E-state index in [1.165, 1.54) is 7.11 Å². The van der Waals surface area contributed by atoms with E-state index < -0.39 is 5.60 Å². The van der Waals surface area contributed by atoms with Gasteiger partial charge in [-0.05, 0) is 20.8 Å². The van der Waals surface area contributed by atoms with Crippen LogP contribution in [0.1, 0.15) is 40.0 Å². The average Bonchev–Trinajstić information content (AvgIpc) is 3.06. The summed E-state index contributed by atoms with van der Waals surface area (Å²) in [6.45, 7) is 11.4. The van der Waals surface area contributed by atoms with Gasteiger partial charge in [0.1, 0.15) is 18.2 Å². The van der Waals surface area contributed by atoms with Crippen molar-refractivity contribution in [2.75, 3.05) is 66.5 Å². The number of amides is 2. The zero-order valence-electron chi connectivity index (χ0n) is 20.2. The maximum atomic E-state index is 12.9. The van der Waals surface area contributed by atoms with Crippen LogP contribution in [0.25, 0.3) is 0 Å². The molecule has 2 unspecified atom stereocenters. The minimum Gasteiger partial charge on any atom is -0.469 e. The number of nitrogens with zero attached hydrogens (tertiary/aromatic N) is 4. The quantitative estimate of drug-likeness (QED) is 0.350. The number of likely N-dealkylation sites (N-methyl/N-ethyl adjacent to an activating group) is 1. The first-order chi connectivity index (χ1) is 15.0. The molecule has 10 nitrogen and oxygen atoms in total. The van der Waals surface area contributed by atoms with Crippen LogP contribution in [0.5, 0.6) is 0 Å². The molecule has 3 heterocycles. The third-order valence-corrected chi connectivity index (χ3v) is 6.79. The lowest BCUT2D eigenvalue weighted by Crippen LogP contribution is -2.59. The molecule has 3 aliphatic rings. The van der Waals surface area contributed by atoms with E-state index in [1.54, 1.807) is 4.90 Å². The SMILES string of the molecule is COC(=O)CCN1CCN(C2C[N+](C)(C3CCN(C(=O)OC(C)(C)C)CC3)C(=O)O2)CC1. The summed E-state index contributed by atoms with van der Waals surface area (Å²) < 4.78 is 16.3. The van der Waals surface area contributed by atoms with Gasteiger partial charge in [0.25, 0.3) is 0 Å². The summed E-state index contributed by atoms with van der Waals surface area (Å²) in [4.78, 5) is 42.8. The molecule has 3 aliphatic heterocycles. The van der Waals surface area contributed by atoms with E-state index >= 15 is 0 Å². The van der Waals surface area contributed by atoms with Crippen molar-refractivity contribution in [3.63, 3.8) is 0 Å². The van der Waals surface area contributed by atoms with Gasteiger partial charge in [0.15, 0.2) is 0 Å². The predicted molar refractivity (Wildman–Crippen MR) is 117 cm³/mol. The highest BCUT2D eigenvalue weighted by Crippen LogP contribution is 2.31. The molecule has 0 aliphatic carbocycles. The summed E-state index contributed by atoms with van der Waals surface area (Å²) in [5.74, 6) is -0.192. The van der Waals surface area contributed by atoms with Crippen LogP contribution >= 0.6 is 0 Å². The summed E-state index contributed by atoms with van der Waals surface area (Å²) in [6.07, 6.45) is 1.20. The van der Waals surface area contributed by atoms with E-state index in [2.05, 4.69) is 9.80 Å². The van der Waals surface area contributed by atoms with Gasteiger partial charge in [0.2, 0.25) is 6.23 Å². The highest BCUT2D eigenvalue weighted by molar-refractivity contribution is 5.69. The number of piperidine rings is 1. The van der Waals surface area contributed by atoms with E-state index in [1.807, 2.05) is 27.8 Å². The maximum Gasteiger partial charge on any atom is 0.517 e. The summed E-state index contributed by atoms with van der Waals surface area (Å²) in [5, 5.41) is 0. The second kappa shape index (κ2) is 9.93. The number of likely N-dealkylation sites (tertiary alicyclic amines) is 1. The lowest BCUT2D eigenvalue weighted by molar-refractivity contribution is -0.852. The van der Waals surface area contributed by atoms with Crippen molar-refractivity contribution in [1.29, 1.82) is 0 Å². The van der Waals surface area contributed by atoms with Crippen LogP contribution in [-0.4, -0.2) is 122 Å². The fourth-order valence-electron chi connectivity index (χ4n) is 4.73. The molecule has 0 N–H and O–H groups in total. The zero-order valence-corrected chi connectivity index (χ0v) is 20.2. The molecule has 2 atom stereocenters. The Hall–Kier alpha value is -1.91. The van der Waals surface area contributed by atoms with E-state index in [-0.39, 0.29) is 34.9 Å². The highest BCUT2D eigenvalue weighted by atomic mass is 16.6. The van der Waals surface area contributed by atoms with E-state index in [0.29, 0.717) is 32.6 Å². The van der Waals surface area contributed by atoms with Gasteiger partial charge < -0.3 is 24.0 Å². The summed E-state index contributed by atoms with van der Waals surface area (Å²) in [7, 11) is 3.37. The molecule has 3 saturated heterocycles. The molecule has 10 heteroatoms. The molecule has 0 bridgehead atoms. The fourth-order valence-corrected chi connectivity index (χ4v) is 4.73. The van der Waals surface area contributed by atoms with Gasteiger partial charge in [-0.1, -0.05) is 0 Å². The van der Waals surface area contributed by atoms with Crippen molar-refractivity contribution in [1.82, 2.24) is 14.7 Å². The number of methoxy groups -OCH3 is 1. The number of rotatable bonds is 5. The van der Waals surface area contributed by atoms with Gasteiger partial charge >= 0.3 is 18.2 Å². The van der Waals surface area contributed by atoms with Crippen molar-refractivity contribution in [3.05, 3.63) is 0 Å². The minimum atomic E-state index is -0.512. The molecule has 32 heavy (non-hydrogen) atoms. The molecule has 0 aromatic heterocycles. The van der Waals surface area contributed by atoms with Crippen molar-refractivity contribution in [3.8, 4) is 0 Å².